The molecule has 0 saturated heterocycles. The monoisotopic (exact) mass is 236 g/mol. The van der Waals surface area contributed by atoms with Gasteiger partial charge in [-0.25, -0.2) is 4.79 Å². The SMILES string of the molecule is CCOC(C)(C(=O)O)c1ccc(C(C)C)cc1. The number of carbonyl (C=O) groups is 1. The molecule has 1 atom stereocenters. The number of hydrogen-bond donors (Lipinski definition) is 1. The van der Waals surface area contributed by atoms with Crippen LogP contribution < -0.4 is 0 Å². The number of ether oxygens (including phenoxy) is 1. The number of aliphatic carboxylic acids is 1. The van der Waals surface area contributed by atoms with Crippen molar-refractivity contribution < 1.29 is 14.6 Å². The zero-order valence-electron chi connectivity index (χ0n) is 10.9. The molecule has 1 N–H and O–H groups in total. The average molecular weight is 236 g/mol. The molecule has 94 valence electrons. The van der Waals surface area contributed by atoms with E-state index in [4.69, 9.17) is 4.74 Å². The van der Waals surface area contributed by atoms with Crippen LogP contribution in [0, 0.1) is 0 Å². The molecule has 3 heteroatoms. The minimum atomic E-state index is -1.26. The Morgan fingerprint density at radius 2 is 1.88 bits per heavy atom. The van der Waals surface area contributed by atoms with Gasteiger partial charge < -0.3 is 9.84 Å². The first-order chi connectivity index (χ1) is 7.91. The van der Waals surface area contributed by atoms with E-state index in [0.29, 0.717) is 18.1 Å². The van der Waals surface area contributed by atoms with Crippen molar-refractivity contribution in [3.8, 4) is 0 Å². The number of carboxylic acids is 1. The first-order valence-electron chi connectivity index (χ1n) is 5.89. The highest BCUT2D eigenvalue weighted by molar-refractivity contribution is 5.79. The van der Waals surface area contributed by atoms with Gasteiger partial charge in [0.2, 0.25) is 0 Å². The summed E-state index contributed by atoms with van der Waals surface area (Å²) in [6.07, 6.45) is 0. The van der Waals surface area contributed by atoms with Crippen LogP contribution in [0.4, 0.5) is 0 Å². The smallest absolute Gasteiger partial charge is 0.340 e. The molecular formula is C14H20O3. The van der Waals surface area contributed by atoms with Crippen LogP contribution in [0.2, 0.25) is 0 Å². The molecule has 0 radical (unpaired) electrons. The van der Waals surface area contributed by atoms with Crippen LogP contribution in [0.15, 0.2) is 24.3 Å². The highest BCUT2D eigenvalue weighted by Crippen LogP contribution is 2.27. The van der Waals surface area contributed by atoms with Gasteiger partial charge in [0.1, 0.15) is 0 Å². The molecule has 0 heterocycles. The lowest BCUT2D eigenvalue weighted by Crippen LogP contribution is -2.35. The third kappa shape index (κ3) is 2.86. The van der Waals surface area contributed by atoms with E-state index in [1.165, 1.54) is 5.56 Å². The van der Waals surface area contributed by atoms with Crippen LogP contribution in [-0.4, -0.2) is 17.7 Å². The van der Waals surface area contributed by atoms with E-state index in [9.17, 15) is 9.90 Å². The summed E-state index contributed by atoms with van der Waals surface area (Å²) in [6, 6.07) is 7.58. The third-order valence-electron chi connectivity index (χ3n) is 2.97. The second kappa shape index (κ2) is 5.32. The van der Waals surface area contributed by atoms with Gasteiger partial charge in [0.25, 0.3) is 0 Å². The number of rotatable bonds is 5. The topological polar surface area (TPSA) is 46.5 Å². The van der Waals surface area contributed by atoms with E-state index < -0.39 is 11.6 Å². The molecule has 3 nitrogen and oxygen atoms in total. The quantitative estimate of drug-likeness (QED) is 0.854. The van der Waals surface area contributed by atoms with Crippen LogP contribution in [0.5, 0.6) is 0 Å². The van der Waals surface area contributed by atoms with E-state index in [0.717, 1.165) is 0 Å². The van der Waals surface area contributed by atoms with E-state index in [1.807, 2.05) is 24.3 Å². The van der Waals surface area contributed by atoms with Gasteiger partial charge in [-0.2, -0.15) is 0 Å². The summed E-state index contributed by atoms with van der Waals surface area (Å²) in [5.74, 6) is -0.524. The maximum atomic E-state index is 11.3. The highest BCUT2D eigenvalue weighted by Gasteiger charge is 2.35. The Labute approximate surface area is 102 Å². The van der Waals surface area contributed by atoms with Crippen LogP contribution in [0.3, 0.4) is 0 Å². The zero-order valence-corrected chi connectivity index (χ0v) is 10.9. The summed E-state index contributed by atoms with van der Waals surface area (Å²) in [5, 5.41) is 9.27. The zero-order chi connectivity index (χ0) is 13.1. The van der Waals surface area contributed by atoms with Crippen molar-refractivity contribution >= 4 is 5.97 Å². The molecule has 0 amide bonds. The Hall–Kier alpha value is -1.35. The maximum absolute atomic E-state index is 11.3. The van der Waals surface area contributed by atoms with Gasteiger partial charge in [0, 0.05) is 6.61 Å². The van der Waals surface area contributed by atoms with E-state index in [1.54, 1.807) is 13.8 Å². The fourth-order valence-corrected chi connectivity index (χ4v) is 1.74. The van der Waals surface area contributed by atoms with Crippen LogP contribution >= 0.6 is 0 Å². The minimum Gasteiger partial charge on any atom is -0.479 e. The van der Waals surface area contributed by atoms with Gasteiger partial charge in [-0.15, -0.1) is 0 Å². The maximum Gasteiger partial charge on any atom is 0.340 e. The summed E-state index contributed by atoms with van der Waals surface area (Å²) in [7, 11) is 0. The van der Waals surface area contributed by atoms with Gasteiger partial charge in [-0.3, -0.25) is 0 Å². The molecule has 1 aromatic rings. The average Bonchev–Trinajstić information content (AvgIpc) is 2.29. The summed E-state index contributed by atoms with van der Waals surface area (Å²) in [4.78, 5) is 11.3. The number of carboxylic acid groups (broad SMARTS) is 1. The van der Waals surface area contributed by atoms with E-state index >= 15 is 0 Å². The van der Waals surface area contributed by atoms with Crippen molar-refractivity contribution in [3.63, 3.8) is 0 Å². The van der Waals surface area contributed by atoms with Crippen molar-refractivity contribution in [1.82, 2.24) is 0 Å². The summed E-state index contributed by atoms with van der Waals surface area (Å²) in [6.45, 7) is 7.96. The van der Waals surface area contributed by atoms with Crippen LogP contribution in [0.1, 0.15) is 44.7 Å². The molecule has 0 fully saturated rings. The summed E-state index contributed by atoms with van der Waals surface area (Å²) >= 11 is 0. The van der Waals surface area contributed by atoms with Gasteiger partial charge >= 0.3 is 5.97 Å². The second-order valence-electron chi connectivity index (χ2n) is 4.55. The van der Waals surface area contributed by atoms with E-state index in [2.05, 4.69) is 13.8 Å². The lowest BCUT2D eigenvalue weighted by atomic mass is 9.93. The largest absolute Gasteiger partial charge is 0.479 e. The molecule has 0 aliphatic heterocycles. The molecular weight excluding hydrogens is 216 g/mol. The molecule has 0 spiro atoms. The van der Waals surface area contributed by atoms with Crippen LogP contribution in [-0.2, 0) is 15.1 Å². The van der Waals surface area contributed by atoms with Crippen molar-refractivity contribution in [2.75, 3.05) is 6.61 Å². The van der Waals surface area contributed by atoms with Gasteiger partial charge in [-0.1, -0.05) is 38.1 Å². The van der Waals surface area contributed by atoms with E-state index in [-0.39, 0.29) is 0 Å². The fraction of sp³-hybridized carbons (Fsp3) is 0.500. The fourth-order valence-electron chi connectivity index (χ4n) is 1.74. The van der Waals surface area contributed by atoms with Gasteiger partial charge in [0.15, 0.2) is 5.60 Å². The van der Waals surface area contributed by atoms with Gasteiger partial charge in [0.05, 0.1) is 0 Å². The Bertz CT molecular complexity index is 381. The Kier molecular flexibility index (Phi) is 4.29. The summed E-state index contributed by atoms with van der Waals surface area (Å²) < 4.78 is 5.38. The highest BCUT2D eigenvalue weighted by atomic mass is 16.5. The molecule has 0 aromatic heterocycles. The van der Waals surface area contributed by atoms with Crippen molar-refractivity contribution in [2.24, 2.45) is 0 Å². The first-order valence-corrected chi connectivity index (χ1v) is 5.89. The molecule has 1 rings (SSSR count). The standard InChI is InChI=1S/C14H20O3/c1-5-17-14(4,13(15)16)12-8-6-11(7-9-12)10(2)3/h6-10H,5H2,1-4H3,(H,15,16). The van der Waals surface area contributed by atoms with Crippen molar-refractivity contribution in [3.05, 3.63) is 35.4 Å². The van der Waals surface area contributed by atoms with Crippen LogP contribution in [0.25, 0.3) is 0 Å². The normalized spacial score (nSPS) is 14.6. The predicted octanol–water partition coefficient (Wildman–Crippen LogP) is 3.15. The molecule has 17 heavy (non-hydrogen) atoms. The lowest BCUT2D eigenvalue weighted by molar-refractivity contribution is -0.164. The lowest BCUT2D eigenvalue weighted by Gasteiger charge is -2.25. The Balaban J connectivity index is 3.08. The van der Waals surface area contributed by atoms with Crippen molar-refractivity contribution in [1.29, 1.82) is 0 Å². The molecule has 1 unspecified atom stereocenters. The van der Waals surface area contributed by atoms with Gasteiger partial charge in [-0.05, 0) is 30.9 Å². The number of benzene rings is 1. The second-order valence-corrected chi connectivity index (χ2v) is 4.55. The minimum absolute atomic E-state index is 0.370. The third-order valence-corrected chi connectivity index (χ3v) is 2.97. The molecule has 0 aliphatic carbocycles. The number of hydrogen-bond acceptors (Lipinski definition) is 2. The molecule has 0 bridgehead atoms. The molecule has 1 aromatic carbocycles. The Morgan fingerprint density at radius 1 is 1.35 bits per heavy atom. The van der Waals surface area contributed by atoms with Crippen molar-refractivity contribution in [2.45, 2.75) is 39.2 Å². The summed E-state index contributed by atoms with van der Waals surface area (Å²) in [5.41, 5.74) is 0.610. The Morgan fingerprint density at radius 3 is 2.24 bits per heavy atom. The first kappa shape index (κ1) is 13.7. The molecule has 0 saturated carbocycles. The molecule has 0 aliphatic rings. The predicted molar refractivity (Wildman–Crippen MR) is 67.1 cm³/mol.